The van der Waals surface area contributed by atoms with Crippen LogP contribution in [0.5, 0.6) is 0 Å². The van der Waals surface area contributed by atoms with Gasteiger partial charge in [0.25, 0.3) is 5.95 Å². The van der Waals surface area contributed by atoms with Crippen molar-refractivity contribution in [2.45, 2.75) is 45.3 Å². The number of rotatable bonds is 6. The molecule has 0 amide bonds. The van der Waals surface area contributed by atoms with Crippen LogP contribution < -0.4 is 0 Å². The van der Waals surface area contributed by atoms with Crippen molar-refractivity contribution < 1.29 is 24.2 Å². The van der Waals surface area contributed by atoms with Crippen molar-refractivity contribution >= 4 is 11.6 Å². The van der Waals surface area contributed by atoms with Gasteiger partial charge < -0.3 is 14.6 Å². The van der Waals surface area contributed by atoms with Gasteiger partial charge in [-0.3, -0.25) is 9.59 Å². The van der Waals surface area contributed by atoms with Crippen LogP contribution in [-0.2, 0) is 19.1 Å². The van der Waals surface area contributed by atoms with Gasteiger partial charge in [0.2, 0.25) is 5.78 Å². The summed E-state index contributed by atoms with van der Waals surface area (Å²) in [6.45, 7) is 4.59. The lowest BCUT2D eigenvalue weighted by atomic mass is 9.94. The van der Waals surface area contributed by atoms with E-state index in [1.54, 1.807) is 26.0 Å². The predicted molar refractivity (Wildman–Crippen MR) is 69.3 cm³/mol. The number of carbonyl (C=O) groups excluding carboxylic acids is 2. The molecule has 0 aromatic rings. The Bertz CT molecular complexity index is 433. The van der Waals surface area contributed by atoms with Gasteiger partial charge in [0.05, 0.1) is 13.2 Å². The molecule has 2 atom stereocenters. The normalized spacial score (nSPS) is 24.8. The zero-order chi connectivity index (χ0) is 14.6. The summed E-state index contributed by atoms with van der Waals surface area (Å²) in [5.41, 5.74) is -1.24. The van der Waals surface area contributed by atoms with Gasteiger partial charge in [-0.1, -0.05) is 6.08 Å². The SMILES string of the molecule is COC1=C(C(C)=O)C(=O)C(C)(C=CCCC(C)O)O1. The zero-order valence-electron chi connectivity index (χ0n) is 11.7. The van der Waals surface area contributed by atoms with Crippen LogP contribution in [0.1, 0.15) is 33.6 Å². The molecular formula is C14H20O5. The predicted octanol–water partition coefficient (Wildman–Crippen LogP) is 1.51. The molecule has 0 saturated carbocycles. The summed E-state index contributed by atoms with van der Waals surface area (Å²) >= 11 is 0. The molecule has 1 aliphatic heterocycles. The van der Waals surface area contributed by atoms with Crippen molar-refractivity contribution in [1.29, 1.82) is 0 Å². The number of hydrogen-bond acceptors (Lipinski definition) is 5. The number of ketones is 2. The van der Waals surface area contributed by atoms with Crippen LogP contribution in [0.3, 0.4) is 0 Å². The van der Waals surface area contributed by atoms with E-state index >= 15 is 0 Å². The van der Waals surface area contributed by atoms with E-state index in [-0.39, 0.29) is 17.3 Å². The topological polar surface area (TPSA) is 72.8 Å². The van der Waals surface area contributed by atoms with Crippen molar-refractivity contribution in [2.75, 3.05) is 7.11 Å². The molecule has 5 heteroatoms. The Morgan fingerprint density at radius 2 is 2.21 bits per heavy atom. The average Bonchev–Trinajstić information content (AvgIpc) is 2.58. The fourth-order valence-corrected chi connectivity index (χ4v) is 1.83. The molecule has 0 saturated heterocycles. The summed E-state index contributed by atoms with van der Waals surface area (Å²) in [6, 6.07) is 0. The Balaban J connectivity index is 2.82. The summed E-state index contributed by atoms with van der Waals surface area (Å²) in [7, 11) is 1.36. The number of carbonyl (C=O) groups is 2. The van der Waals surface area contributed by atoms with Crippen molar-refractivity contribution in [1.82, 2.24) is 0 Å². The molecule has 19 heavy (non-hydrogen) atoms. The van der Waals surface area contributed by atoms with Crippen LogP contribution >= 0.6 is 0 Å². The van der Waals surface area contributed by atoms with Crippen molar-refractivity contribution in [3.63, 3.8) is 0 Å². The lowest BCUT2D eigenvalue weighted by molar-refractivity contribution is -0.128. The minimum absolute atomic E-state index is 0.0276. The van der Waals surface area contributed by atoms with E-state index < -0.39 is 17.5 Å². The Hall–Kier alpha value is -1.62. The van der Waals surface area contributed by atoms with Gasteiger partial charge in [0, 0.05) is 0 Å². The van der Waals surface area contributed by atoms with Crippen LogP contribution in [0, 0.1) is 0 Å². The molecule has 0 fully saturated rings. The van der Waals surface area contributed by atoms with E-state index in [4.69, 9.17) is 14.6 Å². The van der Waals surface area contributed by atoms with Crippen molar-refractivity contribution in [2.24, 2.45) is 0 Å². The summed E-state index contributed by atoms with van der Waals surface area (Å²) in [6.07, 6.45) is 4.21. The third-order valence-corrected chi connectivity index (χ3v) is 2.91. The van der Waals surface area contributed by atoms with Crippen LogP contribution in [0.15, 0.2) is 23.7 Å². The molecule has 0 aromatic heterocycles. The molecule has 5 nitrogen and oxygen atoms in total. The number of allylic oxidation sites excluding steroid dienone is 1. The lowest BCUT2D eigenvalue weighted by Crippen LogP contribution is -2.32. The minimum Gasteiger partial charge on any atom is -0.468 e. The number of methoxy groups -OCH3 is 1. The highest BCUT2D eigenvalue weighted by atomic mass is 16.7. The van der Waals surface area contributed by atoms with Gasteiger partial charge in [-0.2, -0.15) is 0 Å². The first kappa shape index (κ1) is 15.4. The molecule has 2 unspecified atom stereocenters. The standard InChI is InChI=1S/C14H20O5/c1-9(15)7-5-6-8-14(3)12(17)11(10(2)16)13(18-4)19-14/h6,8-9,15H,5,7H2,1-4H3. The highest BCUT2D eigenvalue weighted by molar-refractivity contribution is 6.24. The zero-order valence-corrected chi connectivity index (χ0v) is 11.7. The van der Waals surface area contributed by atoms with Gasteiger partial charge in [0.15, 0.2) is 11.4 Å². The number of aliphatic hydroxyl groups is 1. The van der Waals surface area contributed by atoms with E-state index in [9.17, 15) is 9.59 Å². The molecule has 1 aliphatic rings. The first-order valence-electron chi connectivity index (χ1n) is 6.20. The quantitative estimate of drug-likeness (QED) is 0.584. The summed E-state index contributed by atoms with van der Waals surface area (Å²) in [5, 5.41) is 9.15. The highest BCUT2D eigenvalue weighted by Gasteiger charge is 2.46. The highest BCUT2D eigenvalue weighted by Crippen LogP contribution is 2.32. The fraction of sp³-hybridized carbons (Fsp3) is 0.571. The second-order valence-corrected chi connectivity index (χ2v) is 4.79. The van der Waals surface area contributed by atoms with Crippen molar-refractivity contribution in [3.8, 4) is 0 Å². The van der Waals surface area contributed by atoms with Crippen LogP contribution in [-0.4, -0.2) is 35.5 Å². The minimum atomic E-state index is -1.20. The van der Waals surface area contributed by atoms with Crippen LogP contribution in [0.2, 0.25) is 0 Å². The lowest BCUT2D eigenvalue weighted by Gasteiger charge is -2.18. The average molecular weight is 268 g/mol. The Morgan fingerprint density at radius 3 is 2.63 bits per heavy atom. The molecule has 0 radical (unpaired) electrons. The number of ether oxygens (including phenoxy) is 2. The number of Topliss-reactive ketones (excluding diaryl/α,β-unsaturated/α-hetero) is 2. The maximum Gasteiger partial charge on any atom is 0.295 e. The van der Waals surface area contributed by atoms with Gasteiger partial charge in [-0.15, -0.1) is 0 Å². The second-order valence-electron chi connectivity index (χ2n) is 4.79. The summed E-state index contributed by atoms with van der Waals surface area (Å²) in [5.74, 6) is -0.798. The molecular weight excluding hydrogens is 248 g/mol. The third-order valence-electron chi connectivity index (χ3n) is 2.91. The fourth-order valence-electron chi connectivity index (χ4n) is 1.83. The first-order chi connectivity index (χ1) is 8.81. The van der Waals surface area contributed by atoms with Gasteiger partial charge >= 0.3 is 0 Å². The van der Waals surface area contributed by atoms with Crippen LogP contribution in [0.4, 0.5) is 0 Å². The summed E-state index contributed by atoms with van der Waals surface area (Å²) < 4.78 is 10.4. The number of hydrogen-bond donors (Lipinski definition) is 1. The van der Waals surface area contributed by atoms with Gasteiger partial charge in [-0.05, 0) is 39.7 Å². The molecule has 106 valence electrons. The molecule has 1 heterocycles. The van der Waals surface area contributed by atoms with E-state index in [1.807, 2.05) is 0 Å². The van der Waals surface area contributed by atoms with E-state index in [2.05, 4.69) is 0 Å². The third kappa shape index (κ3) is 3.44. The largest absolute Gasteiger partial charge is 0.468 e. The van der Waals surface area contributed by atoms with Gasteiger partial charge in [0.1, 0.15) is 5.57 Å². The maximum atomic E-state index is 12.2. The second kappa shape index (κ2) is 6.02. The Kier molecular flexibility index (Phi) is 4.89. The van der Waals surface area contributed by atoms with Crippen LogP contribution in [0.25, 0.3) is 0 Å². The molecule has 0 spiro atoms. The summed E-state index contributed by atoms with van der Waals surface area (Å²) in [4.78, 5) is 23.6. The maximum absolute atomic E-state index is 12.2. The smallest absolute Gasteiger partial charge is 0.295 e. The van der Waals surface area contributed by atoms with Crippen molar-refractivity contribution in [3.05, 3.63) is 23.7 Å². The van der Waals surface area contributed by atoms with E-state index in [0.717, 1.165) is 0 Å². The Labute approximate surface area is 112 Å². The van der Waals surface area contributed by atoms with Gasteiger partial charge in [-0.25, -0.2) is 0 Å². The van der Waals surface area contributed by atoms with E-state index in [0.29, 0.717) is 12.8 Å². The number of aliphatic hydroxyl groups excluding tert-OH is 1. The monoisotopic (exact) mass is 268 g/mol. The molecule has 0 bridgehead atoms. The first-order valence-corrected chi connectivity index (χ1v) is 6.20. The molecule has 1 N–H and O–H groups in total. The Morgan fingerprint density at radius 1 is 1.58 bits per heavy atom. The van der Waals surface area contributed by atoms with E-state index in [1.165, 1.54) is 14.0 Å². The molecule has 0 aliphatic carbocycles. The molecule has 1 rings (SSSR count). The molecule has 0 aromatic carbocycles.